The highest BCUT2D eigenvalue weighted by Gasteiger charge is 2.31. The summed E-state index contributed by atoms with van der Waals surface area (Å²) in [6, 6.07) is 3.14. The van der Waals surface area contributed by atoms with Crippen LogP contribution in [0.1, 0.15) is 30.4 Å². The monoisotopic (exact) mass is 335 g/mol. The first-order valence-electron chi connectivity index (χ1n) is 7.21. The molecule has 1 aromatic carbocycles. The van der Waals surface area contributed by atoms with E-state index in [9.17, 15) is 13.2 Å². The van der Waals surface area contributed by atoms with Crippen molar-refractivity contribution in [2.75, 3.05) is 20.2 Å². The molecular weight excluding hydrogens is 315 g/mol. The smallest absolute Gasteiger partial charge is 0.479 e. The van der Waals surface area contributed by atoms with E-state index in [2.05, 4.69) is 4.90 Å². The van der Waals surface area contributed by atoms with Crippen LogP contribution in [0.15, 0.2) is 12.1 Å². The predicted molar refractivity (Wildman–Crippen MR) is 81.1 cm³/mol. The van der Waals surface area contributed by atoms with Crippen molar-refractivity contribution >= 4 is 12.0 Å². The first kappa shape index (κ1) is 17.3. The van der Waals surface area contributed by atoms with Crippen molar-refractivity contribution in [3.63, 3.8) is 0 Å². The third-order valence-corrected chi connectivity index (χ3v) is 4.15. The number of methoxy groups -OCH3 is 1. The van der Waals surface area contributed by atoms with Crippen LogP contribution in [-0.2, 0) is 6.54 Å². The zero-order valence-corrected chi connectivity index (χ0v) is 13.5. The molecule has 0 N–H and O–H groups in total. The van der Waals surface area contributed by atoms with Gasteiger partial charge in [0.25, 0.3) is 0 Å². The molecule has 1 saturated heterocycles. The molecule has 1 aromatic rings. The lowest BCUT2D eigenvalue weighted by molar-refractivity contribution is -0.0369. The predicted octanol–water partition coefficient (Wildman–Crippen LogP) is 4.54. The maximum atomic E-state index is 12.2. The van der Waals surface area contributed by atoms with E-state index in [1.165, 1.54) is 32.4 Å². The van der Waals surface area contributed by atoms with Gasteiger partial charge in [-0.15, -0.1) is 0 Å². The van der Waals surface area contributed by atoms with Gasteiger partial charge >= 0.3 is 5.51 Å². The van der Waals surface area contributed by atoms with E-state index in [1.54, 1.807) is 6.07 Å². The minimum Gasteiger partial charge on any atom is -0.496 e. The highest BCUT2D eigenvalue weighted by atomic mass is 32.2. The number of hydrogen-bond acceptors (Lipinski definition) is 4. The Labute approximate surface area is 133 Å². The Morgan fingerprint density at radius 2 is 1.86 bits per heavy atom. The van der Waals surface area contributed by atoms with Crippen molar-refractivity contribution in [3.8, 4) is 11.5 Å². The molecule has 0 saturated carbocycles. The van der Waals surface area contributed by atoms with Gasteiger partial charge in [0, 0.05) is 18.2 Å². The molecule has 124 valence electrons. The molecule has 7 heteroatoms. The molecule has 0 bridgehead atoms. The van der Waals surface area contributed by atoms with Crippen molar-refractivity contribution in [2.24, 2.45) is 0 Å². The van der Waals surface area contributed by atoms with Crippen molar-refractivity contribution in [3.05, 3.63) is 23.3 Å². The summed E-state index contributed by atoms with van der Waals surface area (Å²) < 4.78 is 46.7. The Morgan fingerprint density at radius 3 is 2.45 bits per heavy atom. The maximum Gasteiger partial charge on any atom is 0.479 e. The van der Waals surface area contributed by atoms with E-state index >= 15 is 0 Å². The molecule has 1 aliphatic rings. The lowest BCUT2D eigenvalue weighted by Gasteiger charge is -2.28. The van der Waals surface area contributed by atoms with E-state index in [4.69, 9.17) is 8.92 Å². The molecule has 0 amide bonds. The number of halogens is 3. The third kappa shape index (κ3) is 4.98. The molecule has 1 fully saturated rings. The highest BCUT2D eigenvalue weighted by molar-refractivity contribution is 7.95. The zero-order chi connectivity index (χ0) is 16.2. The summed E-state index contributed by atoms with van der Waals surface area (Å²) in [4.78, 5) is 2.35. The number of alkyl halides is 3. The van der Waals surface area contributed by atoms with Gasteiger partial charge in [-0.2, -0.15) is 13.2 Å². The second kappa shape index (κ2) is 7.46. The summed E-state index contributed by atoms with van der Waals surface area (Å²) in [5.74, 6) is 0.724. The fourth-order valence-electron chi connectivity index (χ4n) is 2.62. The average Bonchev–Trinajstić information content (AvgIpc) is 2.47. The number of ether oxygens (including phenoxy) is 1. The van der Waals surface area contributed by atoms with Crippen molar-refractivity contribution in [1.82, 2.24) is 4.90 Å². The number of likely N-dealkylation sites (tertiary alicyclic amines) is 1. The fraction of sp³-hybridized carbons (Fsp3) is 0.600. The molecule has 22 heavy (non-hydrogen) atoms. The molecule has 2 rings (SSSR count). The Balaban J connectivity index is 2.12. The summed E-state index contributed by atoms with van der Waals surface area (Å²) in [6.07, 6.45) is 3.63. The Hall–Kier alpha value is -1.08. The third-order valence-electron chi connectivity index (χ3n) is 3.69. The van der Waals surface area contributed by atoms with Gasteiger partial charge in [0.15, 0.2) is 12.0 Å². The minimum absolute atomic E-state index is 0.152. The second-order valence-corrected chi connectivity index (χ2v) is 6.17. The number of benzene rings is 1. The lowest BCUT2D eigenvalue weighted by Crippen LogP contribution is -2.29. The van der Waals surface area contributed by atoms with Gasteiger partial charge < -0.3 is 8.92 Å². The summed E-state index contributed by atoms with van der Waals surface area (Å²) >= 11 is -0.510. The average molecular weight is 335 g/mol. The van der Waals surface area contributed by atoms with E-state index in [1.807, 2.05) is 6.92 Å². The van der Waals surface area contributed by atoms with Gasteiger partial charge in [-0.05, 0) is 44.5 Å². The van der Waals surface area contributed by atoms with E-state index in [0.29, 0.717) is 5.75 Å². The molecule has 1 heterocycles. The van der Waals surface area contributed by atoms with Crippen LogP contribution in [0.3, 0.4) is 0 Å². The molecule has 0 radical (unpaired) electrons. The van der Waals surface area contributed by atoms with Crippen molar-refractivity contribution in [1.29, 1.82) is 0 Å². The minimum atomic E-state index is -4.42. The molecule has 0 spiro atoms. The number of aryl methyl sites for hydroxylation is 1. The van der Waals surface area contributed by atoms with Crippen molar-refractivity contribution in [2.45, 2.75) is 38.2 Å². The van der Waals surface area contributed by atoms with E-state index < -0.39 is 17.6 Å². The fourth-order valence-corrected chi connectivity index (χ4v) is 2.91. The van der Waals surface area contributed by atoms with Gasteiger partial charge in [0.2, 0.25) is 0 Å². The van der Waals surface area contributed by atoms with Crippen LogP contribution in [0.5, 0.6) is 11.5 Å². The first-order valence-corrected chi connectivity index (χ1v) is 7.95. The maximum absolute atomic E-state index is 12.2. The van der Waals surface area contributed by atoms with Gasteiger partial charge in [-0.25, -0.2) is 0 Å². The van der Waals surface area contributed by atoms with Crippen LogP contribution in [0.4, 0.5) is 13.2 Å². The van der Waals surface area contributed by atoms with Gasteiger partial charge in [0.05, 0.1) is 7.11 Å². The Morgan fingerprint density at radius 1 is 1.18 bits per heavy atom. The van der Waals surface area contributed by atoms with Crippen LogP contribution >= 0.6 is 12.0 Å². The molecular formula is C15H20F3NO2S. The highest BCUT2D eigenvalue weighted by Crippen LogP contribution is 2.36. The topological polar surface area (TPSA) is 21.7 Å². The van der Waals surface area contributed by atoms with Crippen LogP contribution in [-0.4, -0.2) is 30.6 Å². The summed E-state index contributed by atoms with van der Waals surface area (Å²) in [6.45, 7) is 4.71. The Bertz CT molecular complexity index is 502. The van der Waals surface area contributed by atoms with Gasteiger partial charge in [-0.3, -0.25) is 4.90 Å². The molecule has 0 aromatic heterocycles. The van der Waals surface area contributed by atoms with Gasteiger partial charge in [0.1, 0.15) is 11.5 Å². The largest absolute Gasteiger partial charge is 0.496 e. The van der Waals surface area contributed by atoms with E-state index in [-0.39, 0.29) is 5.75 Å². The SMILES string of the molecule is COc1cc(OSC(F)(F)F)cc(C)c1CN1CCCCC1. The zero-order valence-electron chi connectivity index (χ0n) is 12.7. The molecule has 0 unspecified atom stereocenters. The standard InChI is InChI=1S/C15H20F3NO2S/c1-11-8-12(21-22-15(16,17)18)9-14(20-2)13(11)10-19-6-4-3-5-7-19/h8-9H,3-7,10H2,1-2H3. The lowest BCUT2D eigenvalue weighted by atomic mass is 10.0. The number of piperidine rings is 1. The summed E-state index contributed by atoms with van der Waals surface area (Å²) in [5.41, 5.74) is -2.54. The normalized spacial score (nSPS) is 16.6. The Kier molecular flexibility index (Phi) is 5.86. The number of hydrogen-bond donors (Lipinski definition) is 0. The van der Waals surface area contributed by atoms with E-state index in [0.717, 1.165) is 30.8 Å². The molecule has 3 nitrogen and oxygen atoms in total. The molecule has 0 aliphatic carbocycles. The second-order valence-electron chi connectivity index (χ2n) is 5.37. The first-order chi connectivity index (χ1) is 10.4. The number of nitrogens with zero attached hydrogens (tertiary/aromatic N) is 1. The number of rotatable bonds is 5. The quantitative estimate of drug-likeness (QED) is 0.737. The van der Waals surface area contributed by atoms with Crippen LogP contribution in [0.25, 0.3) is 0 Å². The van der Waals surface area contributed by atoms with Crippen LogP contribution in [0.2, 0.25) is 0 Å². The van der Waals surface area contributed by atoms with Crippen molar-refractivity contribution < 1.29 is 22.1 Å². The molecule has 1 aliphatic heterocycles. The van der Waals surface area contributed by atoms with Crippen LogP contribution < -0.4 is 8.92 Å². The van der Waals surface area contributed by atoms with Crippen LogP contribution in [0, 0.1) is 6.92 Å². The molecule has 0 atom stereocenters. The van der Waals surface area contributed by atoms with Gasteiger partial charge in [-0.1, -0.05) is 6.42 Å². The summed E-state index contributed by atoms with van der Waals surface area (Å²) in [7, 11) is 1.52. The summed E-state index contributed by atoms with van der Waals surface area (Å²) in [5, 5.41) is 0.